The van der Waals surface area contributed by atoms with Crippen LogP contribution in [0.2, 0.25) is 0 Å². The summed E-state index contributed by atoms with van der Waals surface area (Å²) in [4.78, 5) is 20.2. The molecule has 1 aliphatic heterocycles. The average molecular weight is 336 g/mol. The Balaban J connectivity index is 2.35. The molecule has 1 amide bonds. The minimum absolute atomic E-state index is 0.0573. The van der Waals surface area contributed by atoms with Crippen molar-refractivity contribution in [1.82, 2.24) is 4.98 Å². The molecule has 1 atom stereocenters. The van der Waals surface area contributed by atoms with Crippen molar-refractivity contribution in [3.05, 3.63) is 26.7 Å². The number of nitriles is 1. The fourth-order valence-corrected chi connectivity index (χ4v) is 2.62. The van der Waals surface area contributed by atoms with Crippen molar-refractivity contribution < 1.29 is 4.79 Å². The van der Waals surface area contributed by atoms with E-state index in [0.717, 1.165) is 0 Å². The van der Waals surface area contributed by atoms with Crippen molar-refractivity contribution in [2.45, 2.75) is 6.42 Å². The highest BCUT2D eigenvalue weighted by atomic mass is 79.9. The van der Waals surface area contributed by atoms with Gasteiger partial charge in [0.2, 0.25) is 5.91 Å². The number of amides is 1. The first-order valence-corrected chi connectivity index (χ1v) is 6.53. The highest BCUT2D eigenvalue weighted by molar-refractivity contribution is 9.10. The topological polar surface area (TPSA) is 132 Å². The van der Waals surface area contributed by atoms with Gasteiger partial charge in [0.05, 0.1) is 5.69 Å². The van der Waals surface area contributed by atoms with E-state index in [4.69, 9.17) is 11.3 Å². The number of nitrogens with zero attached hydrogens (tertiary/aromatic N) is 6. The van der Waals surface area contributed by atoms with Gasteiger partial charge in [-0.1, -0.05) is 5.11 Å². The lowest BCUT2D eigenvalue weighted by atomic mass is 10.1. The number of pyridine rings is 1. The van der Waals surface area contributed by atoms with Crippen LogP contribution < -0.4 is 10.6 Å². The van der Waals surface area contributed by atoms with E-state index in [1.165, 1.54) is 11.0 Å². The van der Waals surface area contributed by atoms with E-state index < -0.39 is 0 Å². The van der Waals surface area contributed by atoms with Crippen LogP contribution in [0.1, 0.15) is 12.0 Å². The van der Waals surface area contributed by atoms with Crippen LogP contribution in [0.4, 0.5) is 11.5 Å². The molecule has 0 spiro atoms. The lowest BCUT2D eigenvalue weighted by Gasteiger charge is -2.18. The van der Waals surface area contributed by atoms with Crippen molar-refractivity contribution in [2.75, 3.05) is 23.7 Å². The number of aromatic nitrogens is 1. The third-order valence-electron chi connectivity index (χ3n) is 2.99. The lowest BCUT2D eigenvalue weighted by Crippen LogP contribution is -2.26. The Morgan fingerprint density at radius 3 is 3.15 bits per heavy atom. The zero-order valence-electron chi connectivity index (χ0n) is 10.3. The van der Waals surface area contributed by atoms with E-state index in [9.17, 15) is 10.1 Å². The van der Waals surface area contributed by atoms with Crippen LogP contribution >= 0.6 is 15.9 Å². The molecule has 1 unspecified atom stereocenters. The highest BCUT2D eigenvalue weighted by Gasteiger charge is 2.32. The molecule has 0 radical (unpaired) electrons. The molecule has 1 aromatic heterocycles. The Kier molecular flexibility index (Phi) is 4.08. The highest BCUT2D eigenvalue weighted by Crippen LogP contribution is 2.32. The predicted molar refractivity (Wildman–Crippen MR) is 75.5 cm³/mol. The second-order valence-electron chi connectivity index (χ2n) is 4.33. The molecule has 0 saturated carbocycles. The van der Waals surface area contributed by atoms with E-state index in [1.807, 2.05) is 6.07 Å². The summed E-state index contributed by atoms with van der Waals surface area (Å²) in [6, 6.07) is 3.50. The molecule has 8 nitrogen and oxygen atoms in total. The van der Waals surface area contributed by atoms with Gasteiger partial charge in [-0.3, -0.25) is 4.79 Å². The van der Waals surface area contributed by atoms with Gasteiger partial charge >= 0.3 is 0 Å². The Bertz CT molecular complexity index is 647. The minimum atomic E-state index is -0.128. The van der Waals surface area contributed by atoms with Crippen LogP contribution in [0.15, 0.2) is 15.8 Å². The van der Waals surface area contributed by atoms with E-state index in [-0.39, 0.29) is 36.2 Å². The summed E-state index contributed by atoms with van der Waals surface area (Å²) in [6.07, 6.45) is 0.281. The second-order valence-corrected chi connectivity index (χ2v) is 5.08. The number of carbonyl (C=O) groups excluding carboxylic acids is 1. The maximum atomic E-state index is 12.0. The van der Waals surface area contributed by atoms with Crippen molar-refractivity contribution in [3.8, 4) is 6.07 Å². The molecule has 20 heavy (non-hydrogen) atoms. The normalized spacial score (nSPS) is 17.7. The molecule has 0 aromatic carbocycles. The van der Waals surface area contributed by atoms with E-state index in [0.29, 0.717) is 16.8 Å². The summed E-state index contributed by atoms with van der Waals surface area (Å²) in [7, 11) is 0. The third-order valence-corrected chi connectivity index (χ3v) is 3.56. The summed E-state index contributed by atoms with van der Waals surface area (Å²) in [5, 5.41) is 12.7. The SMILES string of the molecule is N#Cc1c(N2CC(CN=[N+]=[N-])CC2=O)cc(N)nc1Br. The van der Waals surface area contributed by atoms with E-state index in [1.54, 1.807) is 0 Å². The van der Waals surface area contributed by atoms with Crippen molar-refractivity contribution in [1.29, 1.82) is 5.26 Å². The zero-order valence-corrected chi connectivity index (χ0v) is 11.9. The van der Waals surface area contributed by atoms with Crippen LogP contribution in [-0.4, -0.2) is 24.0 Å². The number of nitrogen functional groups attached to an aromatic ring is 1. The molecule has 9 heteroatoms. The molecule has 1 saturated heterocycles. The first-order valence-electron chi connectivity index (χ1n) is 5.74. The Morgan fingerprint density at radius 1 is 1.75 bits per heavy atom. The first kappa shape index (κ1) is 14.1. The molecular weight excluding hydrogens is 326 g/mol. The van der Waals surface area contributed by atoms with Crippen molar-refractivity contribution >= 4 is 33.3 Å². The first-order chi connectivity index (χ1) is 9.56. The smallest absolute Gasteiger partial charge is 0.227 e. The molecule has 2 heterocycles. The van der Waals surface area contributed by atoms with Gasteiger partial charge in [0.25, 0.3) is 0 Å². The van der Waals surface area contributed by atoms with Crippen LogP contribution in [0, 0.1) is 17.2 Å². The van der Waals surface area contributed by atoms with Crippen LogP contribution in [0.25, 0.3) is 10.4 Å². The number of azide groups is 1. The molecular formula is C11H10BrN7O. The van der Waals surface area contributed by atoms with Gasteiger partial charge in [0, 0.05) is 30.5 Å². The van der Waals surface area contributed by atoms with Gasteiger partial charge in [-0.05, 0) is 27.4 Å². The number of carbonyl (C=O) groups is 1. The number of halogens is 1. The standard InChI is InChI=1S/C11H10BrN7O/c12-11-7(3-13)8(2-9(14)17-11)19-5-6(1-10(19)20)4-16-18-15/h2,6H,1,4-5H2,(H2,14,17). The maximum Gasteiger partial charge on any atom is 0.227 e. The number of anilines is 2. The predicted octanol–water partition coefficient (Wildman–Crippen LogP) is 1.96. The van der Waals surface area contributed by atoms with Crippen molar-refractivity contribution in [3.63, 3.8) is 0 Å². The van der Waals surface area contributed by atoms with Crippen LogP contribution in [-0.2, 0) is 4.79 Å². The minimum Gasteiger partial charge on any atom is -0.384 e. The van der Waals surface area contributed by atoms with Crippen LogP contribution in [0.3, 0.4) is 0 Å². The lowest BCUT2D eigenvalue weighted by molar-refractivity contribution is -0.117. The molecule has 102 valence electrons. The number of hydrogen-bond donors (Lipinski definition) is 1. The largest absolute Gasteiger partial charge is 0.384 e. The Labute approximate surface area is 122 Å². The van der Waals surface area contributed by atoms with E-state index >= 15 is 0 Å². The number of hydrogen-bond acceptors (Lipinski definition) is 5. The summed E-state index contributed by atoms with van der Waals surface area (Å²) < 4.78 is 0.307. The van der Waals surface area contributed by atoms with E-state index in [2.05, 4.69) is 30.9 Å². The molecule has 2 N–H and O–H groups in total. The monoisotopic (exact) mass is 335 g/mol. The molecule has 1 fully saturated rings. The number of rotatable bonds is 3. The quantitative estimate of drug-likeness (QED) is 0.391. The van der Waals surface area contributed by atoms with Crippen molar-refractivity contribution in [2.24, 2.45) is 11.0 Å². The fraction of sp³-hybridized carbons (Fsp3) is 0.364. The Morgan fingerprint density at radius 2 is 2.50 bits per heavy atom. The van der Waals surface area contributed by atoms with Crippen LogP contribution in [0.5, 0.6) is 0 Å². The average Bonchev–Trinajstić information content (AvgIpc) is 2.76. The summed E-state index contributed by atoms with van der Waals surface area (Å²) in [5.74, 6) is 0.0346. The summed E-state index contributed by atoms with van der Waals surface area (Å²) in [6.45, 7) is 0.644. The van der Waals surface area contributed by atoms with Gasteiger partial charge in [0.1, 0.15) is 22.1 Å². The molecule has 0 aliphatic carbocycles. The Hall–Kier alpha value is -2.30. The molecule has 1 aromatic rings. The van der Waals surface area contributed by atoms with Gasteiger partial charge in [-0.15, -0.1) is 0 Å². The molecule has 0 bridgehead atoms. The molecule has 2 rings (SSSR count). The van der Waals surface area contributed by atoms with Gasteiger partial charge in [0.15, 0.2) is 0 Å². The number of nitrogens with two attached hydrogens (primary N) is 1. The zero-order chi connectivity index (χ0) is 14.7. The van der Waals surface area contributed by atoms with Gasteiger partial charge in [-0.25, -0.2) is 4.98 Å². The maximum absolute atomic E-state index is 12.0. The van der Waals surface area contributed by atoms with Gasteiger partial charge in [-0.2, -0.15) is 5.26 Å². The third kappa shape index (κ3) is 2.66. The fourth-order valence-electron chi connectivity index (χ4n) is 2.12. The van der Waals surface area contributed by atoms with Gasteiger partial charge < -0.3 is 10.6 Å². The molecule has 1 aliphatic rings. The summed E-state index contributed by atoms with van der Waals surface area (Å²) in [5.41, 5.74) is 14.7. The summed E-state index contributed by atoms with van der Waals surface area (Å²) >= 11 is 3.16. The second kappa shape index (κ2) is 5.77.